The van der Waals surface area contributed by atoms with Crippen molar-refractivity contribution in [2.24, 2.45) is 5.92 Å². The summed E-state index contributed by atoms with van der Waals surface area (Å²) in [7, 11) is 0. The molecule has 100 valence electrons. The van der Waals surface area contributed by atoms with E-state index in [9.17, 15) is 4.79 Å². The summed E-state index contributed by atoms with van der Waals surface area (Å²) >= 11 is 0. The van der Waals surface area contributed by atoms with Crippen molar-refractivity contribution in [3.63, 3.8) is 0 Å². The molecule has 1 N–H and O–H groups in total. The molecule has 0 aliphatic carbocycles. The summed E-state index contributed by atoms with van der Waals surface area (Å²) in [5.74, 6) is 1.56. The van der Waals surface area contributed by atoms with Crippen LogP contribution in [0.15, 0.2) is 18.2 Å². The Morgan fingerprint density at radius 3 is 3.11 bits per heavy atom. The maximum Gasteiger partial charge on any atom is 0.256 e. The average Bonchev–Trinajstić information content (AvgIpc) is 2.77. The molecule has 0 radical (unpaired) electrons. The molecule has 2 aromatic rings. The number of carbonyl (C=O) groups excluding carboxylic acids is 1. The molecule has 0 bridgehead atoms. The predicted molar refractivity (Wildman–Crippen MR) is 75.1 cm³/mol. The van der Waals surface area contributed by atoms with Gasteiger partial charge in [0.2, 0.25) is 0 Å². The Hall–Kier alpha value is -1.84. The van der Waals surface area contributed by atoms with Gasteiger partial charge in [0.15, 0.2) is 0 Å². The number of hydrogen-bond acceptors (Lipinski definition) is 2. The van der Waals surface area contributed by atoms with Gasteiger partial charge in [-0.25, -0.2) is 4.98 Å². The van der Waals surface area contributed by atoms with E-state index in [1.807, 2.05) is 30.0 Å². The number of amides is 1. The summed E-state index contributed by atoms with van der Waals surface area (Å²) in [5.41, 5.74) is 2.45. The number of nitrogens with zero attached hydrogens (tertiary/aromatic N) is 2. The first-order chi connectivity index (χ1) is 9.15. The van der Waals surface area contributed by atoms with Crippen LogP contribution in [0.1, 0.15) is 35.9 Å². The van der Waals surface area contributed by atoms with E-state index in [1.165, 1.54) is 6.42 Å². The van der Waals surface area contributed by atoms with Crippen LogP contribution < -0.4 is 0 Å². The van der Waals surface area contributed by atoms with Gasteiger partial charge < -0.3 is 9.88 Å². The van der Waals surface area contributed by atoms with E-state index in [0.29, 0.717) is 5.92 Å². The standard InChI is InChI=1S/C15H19N3O/c1-10-5-4-8-18(9-10)15(19)12-6-3-7-13-14(12)17-11(2)16-13/h3,6-7,10H,4-5,8-9H2,1-2H3,(H,16,17). The SMILES string of the molecule is Cc1nc2c(C(=O)N3CCCC(C)C3)cccc2[nH]1. The highest BCUT2D eigenvalue weighted by Gasteiger charge is 2.23. The van der Waals surface area contributed by atoms with Gasteiger partial charge in [-0.2, -0.15) is 0 Å². The molecule has 1 aliphatic heterocycles. The van der Waals surface area contributed by atoms with Gasteiger partial charge in [-0.3, -0.25) is 4.79 Å². The molecule has 1 unspecified atom stereocenters. The molecule has 1 fully saturated rings. The maximum atomic E-state index is 12.6. The molecule has 1 amide bonds. The summed E-state index contributed by atoms with van der Waals surface area (Å²) < 4.78 is 0. The zero-order valence-electron chi connectivity index (χ0n) is 11.4. The largest absolute Gasteiger partial charge is 0.342 e. The summed E-state index contributed by atoms with van der Waals surface area (Å²) in [5, 5.41) is 0. The Balaban J connectivity index is 1.97. The van der Waals surface area contributed by atoms with Gasteiger partial charge in [-0.05, 0) is 37.8 Å². The van der Waals surface area contributed by atoms with Crippen LogP contribution in [0.25, 0.3) is 11.0 Å². The number of nitrogens with one attached hydrogen (secondary N) is 1. The molecule has 0 saturated carbocycles. The van der Waals surface area contributed by atoms with Crippen molar-refractivity contribution in [3.8, 4) is 0 Å². The van der Waals surface area contributed by atoms with Gasteiger partial charge in [0.1, 0.15) is 11.3 Å². The summed E-state index contributed by atoms with van der Waals surface area (Å²) in [4.78, 5) is 22.2. The molecule has 4 heteroatoms. The van der Waals surface area contributed by atoms with Crippen molar-refractivity contribution < 1.29 is 4.79 Å². The third-order valence-electron chi connectivity index (χ3n) is 3.81. The van der Waals surface area contributed by atoms with E-state index >= 15 is 0 Å². The number of fused-ring (bicyclic) bond motifs is 1. The molecule has 1 saturated heterocycles. The zero-order valence-corrected chi connectivity index (χ0v) is 11.4. The number of aromatic nitrogens is 2. The molecule has 4 nitrogen and oxygen atoms in total. The fraction of sp³-hybridized carbons (Fsp3) is 0.467. The second kappa shape index (κ2) is 4.68. The van der Waals surface area contributed by atoms with Crippen LogP contribution in [0, 0.1) is 12.8 Å². The number of benzene rings is 1. The minimum atomic E-state index is 0.114. The van der Waals surface area contributed by atoms with Crippen LogP contribution in [-0.4, -0.2) is 33.9 Å². The van der Waals surface area contributed by atoms with Gasteiger partial charge in [0, 0.05) is 13.1 Å². The minimum Gasteiger partial charge on any atom is -0.342 e. The summed E-state index contributed by atoms with van der Waals surface area (Å²) in [6, 6.07) is 5.76. The van der Waals surface area contributed by atoms with E-state index in [1.54, 1.807) is 0 Å². The van der Waals surface area contributed by atoms with Crippen LogP contribution in [0.3, 0.4) is 0 Å². The Kier molecular flexibility index (Phi) is 3.01. The minimum absolute atomic E-state index is 0.114. The Morgan fingerprint density at radius 2 is 2.32 bits per heavy atom. The van der Waals surface area contributed by atoms with Gasteiger partial charge in [-0.1, -0.05) is 13.0 Å². The van der Waals surface area contributed by atoms with Crippen molar-refractivity contribution in [2.75, 3.05) is 13.1 Å². The van der Waals surface area contributed by atoms with Gasteiger partial charge >= 0.3 is 0 Å². The average molecular weight is 257 g/mol. The lowest BCUT2D eigenvalue weighted by Gasteiger charge is -2.31. The maximum absolute atomic E-state index is 12.6. The number of hydrogen-bond donors (Lipinski definition) is 1. The van der Waals surface area contributed by atoms with Crippen LogP contribution in [-0.2, 0) is 0 Å². The van der Waals surface area contributed by atoms with E-state index in [2.05, 4.69) is 16.9 Å². The second-order valence-corrected chi connectivity index (χ2v) is 5.52. The lowest BCUT2D eigenvalue weighted by Crippen LogP contribution is -2.39. The highest BCUT2D eigenvalue weighted by Crippen LogP contribution is 2.22. The molecule has 19 heavy (non-hydrogen) atoms. The molecule has 0 spiro atoms. The Morgan fingerprint density at radius 1 is 1.47 bits per heavy atom. The number of likely N-dealkylation sites (tertiary alicyclic amines) is 1. The van der Waals surface area contributed by atoms with Crippen LogP contribution in [0.5, 0.6) is 0 Å². The number of H-pyrrole nitrogens is 1. The molecular formula is C15H19N3O. The van der Waals surface area contributed by atoms with E-state index < -0.39 is 0 Å². The van der Waals surface area contributed by atoms with E-state index in [4.69, 9.17) is 0 Å². The predicted octanol–water partition coefficient (Wildman–Crippen LogP) is 2.74. The molecule has 1 aromatic heterocycles. The van der Waals surface area contributed by atoms with Gasteiger partial charge in [0.25, 0.3) is 5.91 Å². The lowest BCUT2D eigenvalue weighted by molar-refractivity contribution is 0.0685. The second-order valence-electron chi connectivity index (χ2n) is 5.52. The highest BCUT2D eigenvalue weighted by atomic mass is 16.2. The van der Waals surface area contributed by atoms with Gasteiger partial charge in [0.05, 0.1) is 11.1 Å². The van der Waals surface area contributed by atoms with Gasteiger partial charge in [-0.15, -0.1) is 0 Å². The fourth-order valence-electron chi connectivity index (χ4n) is 2.87. The van der Waals surface area contributed by atoms with Crippen molar-refractivity contribution in [1.82, 2.24) is 14.9 Å². The molecular weight excluding hydrogens is 238 g/mol. The number of aryl methyl sites for hydroxylation is 1. The molecule has 1 aliphatic rings. The van der Waals surface area contributed by atoms with Crippen molar-refractivity contribution in [1.29, 1.82) is 0 Å². The number of carbonyl (C=O) groups is 1. The fourth-order valence-corrected chi connectivity index (χ4v) is 2.87. The third-order valence-corrected chi connectivity index (χ3v) is 3.81. The third kappa shape index (κ3) is 2.23. The van der Waals surface area contributed by atoms with Crippen molar-refractivity contribution >= 4 is 16.9 Å². The van der Waals surface area contributed by atoms with E-state index in [0.717, 1.165) is 41.9 Å². The first-order valence-electron chi connectivity index (χ1n) is 6.90. The summed E-state index contributed by atoms with van der Waals surface area (Å²) in [6.07, 6.45) is 2.32. The molecule has 1 atom stereocenters. The Labute approximate surface area is 112 Å². The number of para-hydroxylation sites is 1. The number of piperidine rings is 1. The topological polar surface area (TPSA) is 49.0 Å². The molecule has 2 heterocycles. The normalized spacial score (nSPS) is 19.9. The zero-order chi connectivity index (χ0) is 13.4. The van der Waals surface area contributed by atoms with Crippen molar-refractivity contribution in [2.45, 2.75) is 26.7 Å². The van der Waals surface area contributed by atoms with Crippen LogP contribution in [0.2, 0.25) is 0 Å². The monoisotopic (exact) mass is 257 g/mol. The summed E-state index contributed by atoms with van der Waals surface area (Å²) in [6.45, 7) is 5.84. The lowest BCUT2D eigenvalue weighted by atomic mass is 9.99. The van der Waals surface area contributed by atoms with Crippen LogP contribution in [0.4, 0.5) is 0 Å². The van der Waals surface area contributed by atoms with Crippen LogP contribution >= 0.6 is 0 Å². The number of aromatic amines is 1. The van der Waals surface area contributed by atoms with Crippen molar-refractivity contribution in [3.05, 3.63) is 29.6 Å². The number of imidazole rings is 1. The van der Waals surface area contributed by atoms with E-state index in [-0.39, 0.29) is 5.91 Å². The molecule has 3 rings (SSSR count). The first-order valence-corrected chi connectivity index (χ1v) is 6.90. The molecule has 1 aromatic carbocycles. The highest BCUT2D eigenvalue weighted by molar-refractivity contribution is 6.04. The number of rotatable bonds is 1. The quantitative estimate of drug-likeness (QED) is 0.854. The Bertz CT molecular complexity index is 617. The first kappa shape index (κ1) is 12.2. The smallest absolute Gasteiger partial charge is 0.256 e.